The summed E-state index contributed by atoms with van der Waals surface area (Å²) in [5.41, 5.74) is 4.60. The Hall–Kier alpha value is -2.49. The van der Waals surface area contributed by atoms with E-state index >= 15 is 0 Å². The Balaban J connectivity index is 1.65. The van der Waals surface area contributed by atoms with Crippen LogP contribution < -0.4 is 14.8 Å². The first-order valence-electron chi connectivity index (χ1n) is 8.95. The van der Waals surface area contributed by atoms with Gasteiger partial charge in [-0.3, -0.25) is 0 Å². The van der Waals surface area contributed by atoms with E-state index in [2.05, 4.69) is 36.5 Å². The lowest BCUT2D eigenvalue weighted by Crippen LogP contribution is -2.12. The van der Waals surface area contributed by atoms with E-state index in [4.69, 9.17) is 21.1 Å². The molecule has 0 spiro atoms. The number of hydrogen-bond donors (Lipinski definition) is 1. The van der Waals surface area contributed by atoms with Crippen LogP contribution in [0.2, 0.25) is 5.02 Å². The summed E-state index contributed by atoms with van der Waals surface area (Å²) in [5, 5.41) is 3.98. The number of methoxy groups -OCH3 is 1. The van der Waals surface area contributed by atoms with E-state index in [-0.39, 0.29) is 0 Å². The highest BCUT2D eigenvalue weighted by Gasteiger charge is 2.12. The van der Waals surface area contributed by atoms with Crippen LogP contribution in [0.1, 0.15) is 22.3 Å². The van der Waals surface area contributed by atoms with Crippen molar-refractivity contribution in [1.29, 1.82) is 0 Å². The molecule has 0 saturated heterocycles. The van der Waals surface area contributed by atoms with Gasteiger partial charge in [0, 0.05) is 13.1 Å². The Kier molecular flexibility index (Phi) is 6.74. The van der Waals surface area contributed by atoms with Crippen molar-refractivity contribution in [1.82, 2.24) is 5.32 Å². The van der Waals surface area contributed by atoms with Gasteiger partial charge in [-0.2, -0.15) is 0 Å². The monoisotopic (exact) mass is 381 g/mol. The quantitative estimate of drug-likeness (QED) is 0.556. The van der Waals surface area contributed by atoms with Crippen LogP contribution in [0, 0.1) is 6.92 Å². The van der Waals surface area contributed by atoms with E-state index in [1.807, 2.05) is 42.5 Å². The first-order valence-corrected chi connectivity index (χ1v) is 9.33. The largest absolute Gasteiger partial charge is 0.493 e. The standard InChI is InChI=1S/C23H24ClNO2/c1-17-7-6-10-19(11-17)16-27-23-21(24)12-20(13-22(23)26-2)15-25-14-18-8-4-3-5-9-18/h3-13,25H,14-16H2,1-2H3. The average molecular weight is 382 g/mol. The third kappa shape index (κ3) is 5.49. The number of ether oxygens (including phenoxy) is 2. The molecule has 4 heteroatoms. The Morgan fingerprint density at radius 2 is 1.59 bits per heavy atom. The van der Waals surface area contributed by atoms with E-state index in [1.165, 1.54) is 11.1 Å². The zero-order chi connectivity index (χ0) is 19.1. The molecule has 0 atom stereocenters. The van der Waals surface area contributed by atoms with Gasteiger partial charge in [0.1, 0.15) is 6.61 Å². The Labute approximate surface area is 165 Å². The number of benzene rings is 3. The predicted molar refractivity (Wildman–Crippen MR) is 111 cm³/mol. The van der Waals surface area contributed by atoms with Gasteiger partial charge in [0.05, 0.1) is 12.1 Å². The van der Waals surface area contributed by atoms with Crippen LogP contribution in [0.3, 0.4) is 0 Å². The summed E-state index contributed by atoms with van der Waals surface area (Å²) in [6.07, 6.45) is 0. The Bertz CT molecular complexity index is 881. The molecular formula is C23H24ClNO2. The van der Waals surface area contributed by atoms with Gasteiger partial charge in [0.25, 0.3) is 0 Å². The summed E-state index contributed by atoms with van der Waals surface area (Å²) in [5.74, 6) is 1.22. The molecule has 0 fully saturated rings. The van der Waals surface area contributed by atoms with E-state index in [9.17, 15) is 0 Å². The highest BCUT2D eigenvalue weighted by Crippen LogP contribution is 2.37. The van der Waals surface area contributed by atoms with Crippen LogP contribution in [0.15, 0.2) is 66.7 Å². The van der Waals surface area contributed by atoms with Gasteiger partial charge in [0.15, 0.2) is 11.5 Å². The van der Waals surface area contributed by atoms with Crippen molar-refractivity contribution in [2.45, 2.75) is 26.6 Å². The van der Waals surface area contributed by atoms with Crippen LogP contribution in [0.5, 0.6) is 11.5 Å². The molecular weight excluding hydrogens is 358 g/mol. The second-order valence-electron chi connectivity index (χ2n) is 6.48. The lowest BCUT2D eigenvalue weighted by Gasteiger charge is -2.15. The normalized spacial score (nSPS) is 10.6. The zero-order valence-corrected chi connectivity index (χ0v) is 16.4. The van der Waals surface area contributed by atoms with Gasteiger partial charge in [-0.1, -0.05) is 71.8 Å². The summed E-state index contributed by atoms with van der Waals surface area (Å²) in [6, 6.07) is 22.4. The first kappa shape index (κ1) is 19.3. The number of aryl methyl sites for hydroxylation is 1. The summed E-state index contributed by atoms with van der Waals surface area (Å²) in [4.78, 5) is 0. The second kappa shape index (κ2) is 9.45. The molecule has 0 saturated carbocycles. The number of rotatable bonds is 8. The minimum atomic E-state index is 0.448. The summed E-state index contributed by atoms with van der Waals surface area (Å²) in [7, 11) is 1.63. The van der Waals surface area contributed by atoms with Gasteiger partial charge in [-0.15, -0.1) is 0 Å². The Morgan fingerprint density at radius 3 is 2.33 bits per heavy atom. The fourth-order valence-corrected chi connectivity index (χ4v) is 3.21. The number of halogens is 1. The highest BCUT2D eigenvalue weighted by atomic mass is 35.5. The maximum Gasteiger partial charge on any atom is 0.180 e. The molecule has 0 aliphatic carbocycles. The van der Waals surface area contributed by atoms with Crippen LogP contribution in [-0.4, -0.2) is 7.11 Å². The van der Waals surface area contributed by atoms with Gasteiger partial charge >= 0.3 is 0 Å². The molecule has 0 aliphatic rings. The molecule has 0 heterocycles. The minimum Gasteiger partial charge on any atom is -0.493 e. The van der Waals surface area contributed by atoms with Gasteiger partial charge in [-0.05, 0) is 35.7 Å². The van der Waals surface area contributed by atoms with Crippen molar-refractivity contribution >= 4 is 11.6 Å². The zero-order valence-electron chi connectivity index (χ0n) is 15.7. The Morgan fingerprint density at radius 1 is 0.852 bits per heavy atom. The lowest BCUT2D eigenvalue weighted by molar-refractivity contribution is 0.284. The van der Waals surface area contributed by atoms with Crippen molar-refractivity contribution in [3.63, 3.8) is 0 Å². The molecule has 3 nitrogen and oxygen atoms in total. The van der Waals surface area contributed by atoms with Crippen LogP contribution in [-0.2, 0) is 19.7 Å². The molecule has 3 aromatic carbocycles. The van der Waals surface area contributed by atoms with Gasteiger partial charge in [-0.25, -0.2) is 0 Å². The molecule has 3 aromatic rings. The smallest absolute Gasteiger partial charge is 0.180 e. The van der Waals surface area contributed by atoms with E-state index < -0.39 is 0 Å². The van der Waals surface area contributed by atoms with E-state index in [0.29, 0.717) is 29.7 Å². The molecule has 0 radical (unpaired) electrons. The second-order valence-corrected chi connectivity index (χ2v) is 6.88. The molecule has 0 aromatic heterocycles. The van der Waals surface area contributed by atoms with Crippen molar-refractivity contribution in [3.05, 3.63) is 94.0 Å². The van der Waals surface area contributed by atoms with Crippen LogP contribution >= 0.6 is 11.6 Å². The number of hydrogen-bond acceptors (Lipinski definition) is 3. The summed E-state index contributed by atoms with van der Waals surface area (Å²) >= 11 is 6.47. The molecule has 0 aliphatic heterocycles. The molecule has 0 bridgehead atoms. The molecule has 3 rings (SSSR count). The lowest BCUT2D eigenvalue weighted by atomic mass is 10.1. The van der Waals surface area contributed by atoms with Crippen LogP contribution in [0.25, 0.3) is 0 Å². The van der Waals surface area contributed by atoms with Gasteiger partial charge < -0.3 is 14.8 Å². The summed E-state index contributed by atoms with van der Waals surface area (Å²) in [6.45, 7) is 4.01. The SMILES string of the molecule is COc1cc(CNCc2ccccc2)cc(Cl)c1OCc1cccc(C)c1. The van der Waals surface area contributed by atoms with Crippen molar-refractivity contribution < 1.29 is 9.47 Å². The van der Waals surface area contributed by atoms with Crippen molar-refractivity contribution in [3.8, 4) is 11.5 Å². The topological polar surface area (TPSA) is 30.5 Å². The third-order valence-electron chi connectivity index (χ3n) is 4.26. The minimum absolute atomic E-state index is 0.448. The molecule has 1 N–H and O–H groups in total. The first-order chi connectivity index (χ1) is 13.2. The summed E-state index contributed by atoms with van der Waals surface area (Å²) < 4.78 is 11.5. The third-order valence-corrected chi connectivity index (χ3v) is 4.54. The van der Waals surface area contributed by atoms with Crippen molar-refractivity contribution in [2.75, 3.05) is 7.11 Å². The average Bonchev–Trinajstić information content (AvgIpc) is 2.67. The van der Waals surface area contributed by atoms with E-state index in [0.717, 1.165) is 17.7 Å². The molecule has 0 amide bonds. The maximum absolute atomic E-state index is 6.47. The fraction of sp³-hybridized carbons (Fsp3) is 0.217. The van der Waals surface area contributed by atoms with Gasteiger partial charge in [0.2, 0.25) is 0 Å². The molecule has 0 unspecified atom stereocenters. The highest BCUT2D eigenvalue weighted by molar-refractivity contribution is 6.32. The predicted octanol–water partition coefficient (Wildman–Crippen LogP) is 5.53. The number of nitrogens with one attached hydrogen (secondary N) is 1. The molecule has 27 heavy (non-hydrogen) atoms. The maximum atomic E-state index is 6.47. The van der Waals surface area contributed by atoms with E-state index in [1.54, 1.807) is 7.11 Å². The van der Waals surface area contributed by atoms with Crippen LogP contribution in [0.4, 0.5) is 0 Å². The molecule has 140 valence electrons. The fourth-order valence-electron chi connectivity index (χ4n) is 2.92. The van der Waals surface area contributed by atoms with Crippen molar-refractivity contribution in [2.24, 2.45) is 0 Å².